The largest absolute Gasteiger partial charge is 0.411 e. The summed E-state index contributed by atoms with van der Waals surface area (Å²) in [5.74, 6) is 0. The van der Waals surface area contributed by atoms with Gasteiger partial charge in [-0.1, -0.05) is 5.16 Å². The molecule has 0 aliphatic carbocycles. The van der Waals surface area contributed by atoms with Crippen molar-refractivity contribution in [2.45, 2.75) is 6.54 Å². The maximum atomic E-state index is 8.21. The molecule has 1 aromatic heterocycles. The Kier molecular flexibility index (Phi) is 3.28. The lowest BCUT2D eigenvalue weighted by Crippen LogP contribution is -2.03. The normalized spacial score (nSPS) is 11.1. The van der Waals surface area contributed by atoms with Crippen molar-refractivity contribution in [2.24, 2.45) is 5.16 Å². The van der Waals surface area contributed by atoms with E-state index in [0.717, 1.165) is 5.56 Å². The Morgan fingerprint density at radius 2 is 2.67 bits per heavy atom. The molecule has 66 valence electrons. The second kappa shape index (κ2) is 4.50. The number of oxime groups is 1. The minimum absolute atomic E-state index is 0.622. The van der Waals surface area contributed by atoms with Crippen LogP contribution in [0.1, 0.15) is 5.56 Å². The third-order valence-corrected chi connectivity index (χ3v) is 1.38. The minimum Gasteiger partial charge on any atom is -0.411 e. The molecule has 1 rings (SSSR count). The summed E-state index contributed by atoms with van der Waals surface area (Å²) < 4.78 is 6.59. The van der Waals surface area contributed by atoms with E-state index in [2.05, 4.69) is 10.3 Å². The van der Waals surface area contributed by atoms with Gasteiger partial charge >= 0.3 is 0 Å². The summed E-state index contributed by atoms with van der Waals surface area (Å²) in [6.07, 6.45) is 4.73. The second-order valence-corrected chi connectivity index (χ2v) is 2.27. The highest BCUT2D eigenvalue weighted by molar-refractivity contribution is 5.77. The van der Waals surface area contributed by atoms with Crippen LogP contribution in [0.4, 0.5) is 0 Å². The molecule has 0 radical (unpaired) electrons. The Balaban J connectivity index is 2.52. The third kappa shape index (κ3) is 2.35. The van der Waals surface area contributed by atoms with Crippen LogP contribution in [0, 0.1) is 0 Å². The molecule has 0 aliphatic rings. The molecule has 0 aliphatic heterocycles. The highest BCUT2D eigenvalue weighted by atomic mass is 16.5. The first-order valence-corrected chi connectivity index (χ1v) is 3.55. The fourth-order valence-corrected chi connectivity index (χ4v) is 0.820. The molecular weight excluding hydrogens is 158 g/mol. The number of hydrogen-bond donors (Lipinski definition) is 1. The van der Waals surface area contributed by atoms with Gasteiger partial charge in [-0.25, -0.2) is 0 Å². The Morgan fingerprint density at radius 1 is 1.83 bits per heavy atom. The number of methoxy groups -OCH3 is 1. The molecule has 1 heterocycles. The molecule has 0 saturated heterocycles. The van der Waals surface area contributed by atoms with Crippen LogP contribution >= 0.6 is 0 Å². The number of rotatable bonds is 4. The van der Waals surface area contributed by atoms with E-state index in [-0.39, 0.29) is 0 Å². The lowest BCUT2D eigenvalue weighted by molar-refractivity contribution is 0.183. The summed E-state index contributed by atoms with van der Waals surface area (Å²) in [7, 11) is 1.64. The van der Waals surface area contributed by atoms with E-state index < -0.39 is 0 Å². The van der Waals surface area contributed by atoms with Crippen LogP contribution < -0.4 is 0 Å². The van der Waals surface area contributed by atoms with E-state index >= 15 is 0 Å². The van der Waals surface area contributed by atoms with Crippen molar-refractivity contribution in [2.75, 3.05) is 13.7 Å². The zero-order valence-electron chi connectivity index (χ0n) is 6.84. The average Bonchev–Trinajstić information content (AvgIpc) is 2.50. The third-order valence-electron chi connectivity index (χ3n) is 1.38. The topological polar surface area (TPSA) is 59.6 Å². The van der Waals surface area contributed by atoms with Crippen molar-refractivity contribution in [3.05, 3.63) is 18.0 Å². The predicted molar refractivity (Wildman–Crippen MR) is 43.5 cm³/mol. The van der Waals surface area contributed by atoms with Crippen LogP contribution in [0.15, 0.2) is 17.5 Å². The van der Waals surface area contributed by atoms with Gasteiger partial charge in [-0.15, -0.1) is 0 Å². The van der Waals surface area contributed by atoms with Crippen molar-refractivity contribution < 1.29 is 9.94 Å². The van der Waals surface area contributed by atoms with Gasteiger partial charge in [0.05, 0.1) is 25.6 Å². The second-order valence-electron chi connectivity index (χ2n) is 2.27. The monoisotopic (exact) mass is 169 g/mol. The molecule has 0 aromatic carbocycles. The van der Waals surface area contributed by atoms with Crippen LogP contribution in [0.3, 0.4) is 0 Å². The molecular formula is C7H11N3O2. The van der Waals surface area contributed by atoms with Crippen LogP contribution in [0.2, 0.25) is 0 Å². The van der Waals surface area contributed by atoms with E-state index in [4.69, 9.17) is 9.94 Å². The molecule has 0 spiro atoms. The van der Waals surface area contributed by atoms with Crippen LogP contribution in [-0.4, -0.2) is 34.9 Å². The fourth-order valence-electron chi connectivity index (χ4n) is 0.820. The van der Waals surface area contributed by atoms with Crippen molar-refractivity contribution in [3.8, 4) is 0 Å². The number of aromatic nitrogens is 2. The van der Waals surface area contributed by atoms with Gasteiger partial charge in [0.25, 0.3) is 0 Å². The van der Waals surface area contributed by atoms with Gasteiger partial charge in [0.2, 0.25) is 0 Å². The zero-order chi connectivity index (χ0) is 8.81. The Hall–Kier alpha value is -1.36. The zero-order valence-corrected chi connectivity index (χ0v) is 6.84. The van der Waals surface area contributed by atoms with Crippen LogP contribution in [0.5, 0.6) is 0 Å². The standard InChI is InChI=1S/C7H11N3O2/c1-12-3-2-10-6-7(4-8-10)5-9-11/h4-6,11H,2-3H2,1H3. The number of hydrogen-bond acceptors (Lipinski definition) is 4. The molecule has 12 heavy (non-hydrogen) atoms. The summed E-state index contributed by atoms with van der Waals surface area (Å²) in [5.41, 5.74) is 0.772. The first-order chi connectivity index (χ1) is 5.86. The number of nitrogens with zero attached hydrogens (tertiary/aromatic N) is 3. The van der Waals surface area contributed by atoms with E-state index in [1.807, 2.05) is 0 Å². The van der Waals surface area contributed by atoms with E-state index in [1.54, 1.807) is 24.2 Å². The van der Waals surface area contributed by atoms with Crippen molar-refractivity contribution >= 4 is 6.21 Å². The van der Waals surface area contributed by atoms with Crippen LogP contribution in [-0.2, 0) is 11.3 Å². The van der Waals surface area contributed by atoms with Gasteiger partial charge in [-0.3, -0.25) is 4.68 Å². The SMILES string of the molecule is COCCn1cc(C=NO)cn1. The van der Waals surface area contributed by atoms with Gasteiger partial charge in [0.15, 0.2) is 0 Å². The van der Waals surface area contributed by atoms with Gasteiger partial charge < -0.3 is 9.94 Å². The molecule has 1 aromatic rings. The molecule has 0 amide bonds. The Morgan fingerprint density at radius 3 is 3.33 bits per heavy atom. The highest BCUT2D eigenvalue weighted by Crippen LogP contribution is 1.93. The number of ether oxygens (including phenoxy) is 1. The predicted octanol–water partition coefficient (Wildman–Crippen LogP) is 0.338. The Labute approximate surface area is 70.3 Å². The molecule has 0 bridgehead atoms. The Bertz CT molecular complexity index is 257. The average molecular weight is 169 g/mol. The van der Waals surface area contributed by atoms with E-state index in [0.29, 0.717) is 13.2 Å². The van der Waals surface area contributed by atoms with E-state index in [1.165, 1.54) is 6.21 Å². The van der Waals surface area contributed by atoms with Crippen molar-refractivity contribution in [1.29, 1.82) is 0 Å². The van der Waals surface area contributed by atoms with E-state index in [9.17, 15) is 0 Å². The maximum absolute atomic E-state index is 8.21. The first kappa shape index (κ1) is 8.73. The minimum atomic E-state index is 0.622. The van der Waals surface area contributed by atoms with Gasteiger partial charge in [-0.2, -0.15) is 5.10 Å². The summed E-state index contributed by atoms with van der Waals surface area (Å²) in [6.45, 7) is 1.33. The lowest BCUT2D eigenvalue weighted by Gasteiger charge is -1.97. The van der Waals surface area contributed by atoms with Gasteiger partial charge in [0, 0.05) is 18.9 Å². The lowest BCUT2D eigenvalue weighted by atomic mass is 10.4. The fraction of sp³-hybridized carbons (Fsp3) is 0.429. The quantitative estimate of drug-likeness (QED) is 0.401. The first-order valence-electron chi connectivity index (χ1n) is 3.55. The maximum Gasteiger partial charge on any atom is 0.0765 e. The van der Waals surface area contributed by atoms with Crippen LogP contribution in [0.25, 0.3) is 0 Å². The van der Waals surface area contributed by atoms with Crippen molar-refractivity contribution in [3.63, 3.8) is 0 Å². The van der Waals surface area contributed by atoms with Gasteiger partial charge in [0.1, 0.15) is 0 Å². The highest BCUT2D eigenvalue weighted by Gasteiger charge is 1.94. The summed E-state index contributed by atoms with van der Waals surface area (Å²) >= 11 is 0. The van der Waals surface area contributed by atoms with Gasteiger partial charge in [-0.05, 0) is 0 Å². The summed E-state index contributed by atoms with van der Waals surface area (Å²) in [4.78, 5) is 0. The molecule has 0 fully saturated rings. The van der Waals surface area contributed by atoms with Crippen molar-refractivity contribution in [1.82, 2.24) is 9.78 Å². The summed E-state index contributed by atoms with van der Waals surface area (Å²) in [6, 6.07) is 0. The molecule has 0 unspecified atom stereocenters. The molecule has 1 N–H and O–H groups in total. The summed E-state index contributed by atoms with van der Waals surface area (Å²) in [5, 5.41) is 15.1. The smallest absolute Gasteiger partial charge is 0.0765 e. The molecule has 0 atom stereocenters. The molecule has 5 heteroatoms. The molecule has 0 saturated carbocycles. The molecule has 5 nitrogen and oxygen atoms in total.